The fraction of sp³-hybridized carbons (Fsp3) is 0.538. The average Bonchev–Trinajstić information content (AvgIpc) is 2.18. The van der Waals surface area contributed by atoms with Crippen molar-refractivity contribution in [3.05, 3.63) is 28.8 Å². The predicted molar refractivity (Wildman–Crippen MR) is 73.7 cm³/mol. The Balaban J connectivity index is 2.66. The maximum Gasteiger partial charge on any atom is 0.141 e. The van der Waals surface area contributed by atoms with Crippen LogP contribution in [0, 0.1) is 5.41 Å². The Morgan fingerprint density at radius 1 is 1.31 bits per heavy atom. The first kappa shape index (κ1) is 13.9. The molecule has 0 amide bonds. The van der Waals surface area contributed by atoms with E-state index in [0.29, 0.717) is 11.6 Å². The summed E-state index contributed by atoms with van der Waals surface area (Å²) in [5, 5.41) is 1.45. The molecule has 0 heterocycles. The molecule has 0 spiro atoms. The first-order valence-corrected chi connectivity index (χ1v) is 6.90. The van der Waals surface area contributed by atoms with Gasteiger partial charge in [-0.25, -0.2) is 0 Å². The van der Waals surface area contributed by atoms with Crippen LogP contribution in [0.3, 0.4) is 0 Å². The Hall–Kier alpha value is -0.210. The van der Waals surface area contributed by atoms with Gasteiger partial charge in [0.15, 0.2) is 0 Å². The summed E-state index contributed by atoms with van der Waals surface area (Å²) in [4.78, 5) is 0. The molecule has 1 nitrogen and oxygen atoms in total. The fourth-order valence-electron chi connectivity index (χ4n) is 1.28. The van der Waals surface area contributed by atoms with E-state index in [9.17, 15) is 0 Å². The molecule has 0 saturated carbocycles. The van der Waals surface area contributed by atoms with E-state index in [0.717, 1.165) is 23.1 Å². The van der Waals surface area contributed by atoms with Gasteiger partial charge in [0.25, 0.3) is 0 Å². The van der Waals surface area contributed by atoms with E-state index in [-0.39, 0.29) is 5.41 Å². The first-order valence-electron chi connectivity index (χ1n) is 5.40. The summed E-state index contributed by atoms with van der Waals surface area (Å²) in [6, 6.07) is 5.82. The predicted octanol–water partition coefficient (Wildman–Crippen LogP) is 5.05. The van der Waals surface area contributed by atoms with Crippen molar-refractivity contribution in [1.82, 2.24) is 0 Å². The molecule has 1 aromatic rings. The third kappa shape index (κ3) is 4.34. The monoisotopic (exact) mass is 304 g/mol. The zero-order valence-electron chi connectivity index (χ0n) is 10.0. The Morgan fingerprint density at radius 3 is 2.56 bits per heavy atom. The maximum absolute atomic E-state index is 6.11. The summed E-state index contributed by atoms with van der Waals surface area (Å²) in [7, 11) is 0. The molecule has 1 rings (SSSR count). The van der Waals surface area contributed by atoms with E-state index in [2.05, 4.69) is 36.7 Å². The van der Waals surface area contributed by atoms with Gasteiger partial charge in [0, 0.05) is 10.9 Å². The molecule has 0 aliphatic carbocycles. The molecule has 3 heteroatoms. The van der Waals surface area contributed by atoms with E-state index in [1.807, 2.05) is 18.2 Å². The lowest BCUT2D eigenvalue weighted by Crippen LogP contribution is -2.11. The molecule has 0 N–H and O–H groups in total. The number of rotatable bonds is 4. The van der Waals surface area contributed by atoms with Crippen LogP contribution in [0.25, 0.3) is 0 Å². The fourth-order valence-corrected chi connectivity index (χ4v) is 1.97. The van der Waals surface area contributed by atoms with Crippen LogP contribution < -0.4 is 4.74 Å². The van der Waals surface area contributed by atoms with Crippen molar-refractivity contribution in [3.63, 3.8) is 0 Å². The zero-order valence-corrected chi connectivity index (χ0v) is 12.4. The third-order valence-electron chi connectivity index (χ3n) is 2.29. The average molecular weight is 306 g/mol. The molecule has 0 radical (unpaired) electrons. The Morgan fingerprint density at radius 2 is 2.00 bits per heavy atom. The number of benzene rings is 1. The molecule has 0 aromatic heterocycles. The van der Waals surface area contributed by atoms with Crippen molar-refractivity contribution in [2.45, 2.75) is 32.5 Å². The molecular weight excluding hydrogens is 287 g/mol. The quantitative estimate of drug-likeness (QED) is 0.707. The molecule has 90 valence electrons. The van der Waals surface area contributed by atoms with Gasteiger partial charge in [0.05, 0.1) is 11.6 Å². The van der Waals surface area contributed by atoms with Gasteiger partial charge in [-0.2, -0.15) is 0 Å². The molecule has 0 fully saturated rings. The van der Waals surface area contributed by atoms with Crippen LogP contribution in [0.15, 0.2) is 18.2 Å². The lowest BCUT2D eigenvalue weighted by atomic mass is 9.93. The van der Waals surface area contributed by atoms with Crippen molar-refractivity contribution < 1.29 is 4.74 Å². The summed E-state index contributed by atoms with van der Waals surface area (Å²) in [5.41, 5.74) is 1.39. The van der Waals surface area contributed by atoms with E-state index < -0.39 is 0 Å². The highest BCUT2D eigenvalue weighted by atomic mass is 79.9. The van der Waals surface area contributed by atoms with Crippen LogP contribution in [0.1, 0.15) is 32.8 Å². The number of hydrogen-bond donors (Lipinski definition) is 0. The lowest BCUT2D eigenvalue weighted by molar-refractivity contribution is 0.242. The second kappa shape index (κ2) is 5.92. The van der Waals surface area contributed by atoms with Crippen molar-refractivity contribution in [3.8, 4) is 5.75 Å². The van der Waals surface area contributed by atoms with E-state index in [1.165, 1.54) is 0 Å². The van der Waals surface area contributed by atoms with E-state index in [1.54, 1.807) is 0 Å². The number of halogens is 2. The summed E-state index contributed by atoms with van der Waals surface area (Å²) in [6.45, 7) is 7.31. The topological polar surface area (TPSA) is 9.23 Å². The zero-order chi connectivity index (χ0) is 12.2. The van der Waals surface area contributed by atoms with Gasteiger partial charge in [-0.15, -0.1) is 0 Å². The summed E-state index contributed by atoms with van der Waals surface area (Å²) < 4.78 is 5.77. The minimum absolute atomic E-state index is 0.288. The van der Waals surface area contributed by atoms with Crippen molar-refractivity contribution >= 4 is 27.5 Å². The Kier molecular flexibility index (Phi) is 5.13. The molecule has 0 aliphatic rings. The number of alkyl halides is 1. The molecule has 0 saturated heterocycles. The smallest absolute Gasteiger partial charge is 0.141 e. The Labute approximate surface area is 111 Å². The van der Waals surface area contributed by atoms with Crippen LogP contribution in [-0.2, 0) is 5.33 Å². The second-order valence-corrected chi connectivity index (χ2v) is 5.99. The van der Waals surface area contributed by atoms with Crippen molar-refractivity contribution in [2.75, 3.05) is 6.61 Å². The molecule has 0 atom stereocenters. The summed E-state index contributed by atoms with van der Waals surface area (Å²) >= 11 is 9.55. The second-order valence-electron chi connectivity index (χ2n) is 5.02. The SMILES string of the molecule is CC(C)(C)CCOc1c(Cl)cccc1CBr. The van der Waals surface area contributed by atoms with E-state index in [4.69, 9.17) is 16.3 Å². The van der Waals surface area contributed by atoms with Gasteiger partial charge >= 0.3 is 0 Å². The van der Waals surface area contributed by atoms with E-state index >= 15 is 0 Å². The minimum atomic E-state index is 0.288. The largest absolute Gasteiger partial charge is 0.492 e. The normalized spacial score (nSPS) is 11.6. The third-order valence-corrected chi connectivity index (χ3v) is 3.19. The molecule has 0 unspecified atom stereocenters. The molecule has 16 heavy (non-hydrogen) atoms. The van der Waals surface area contributed by atoms with Crippen molar-refractivity contribution in [1.29, 1.82) is 0 Å². The molecular formula is C13H18BrClO. The highest BCUT2D eigenvalue weighted by molar-refractivity contribution is 9.08. The number of para-hydroxylation sites is 1. The summed E-state index contributed by atoms with van der Waals surface area (Å²) in [5.74, 6) is 0.810. The highest BCUT2D eigenvalue weighted by Crippen LogP contribution is 2.31. The Bertz CT molecular complexity index is 344. The molecule has 0 aliphatic heterocycles. The van der Waals surface area contributed by atoms with Gasteiger partial charge in [-0.3, -0.25) is 0 Å². The van der Waals surface area contributed by atoms with Crippen LogP contribution in [-0.4, -0.2) is 6.61 Å². The molecule has 0 bridgehead atoms. The lowest BCUT2D eigenvalue weighted by Gasteiger charge is -2.19. The van der Waals surface area contributed by atoms with Gasteiger partial charge in [-0.1, -0.05) is 60.4 Å². The summed E-state index contributed by atoms with van der Waals surface area (Å²) in [6.07, 6.45) is 1.01. The van der Waals surface area contributed by atoms with Crippen LogP contribution in [0.2, 0.25) is 5.02 Å². The first-order chi connectivity index (χ1) is 7.44. The number of ether oxygens (including phenoxy) is 1. The molecule has 1 aromatic carbocycles. The maximum atomic E-state index is 6.11. The van der Waals surface area contributed by atoms with Crippen LogP contribution in [0.4, 0.5) is 0 Å². The highest BCUT2D eigenvalue weighted by Gasteiger charge is 2.12. The standard InChI is InChI=1S/C13H18BrClO/c1-13(2,3)7-8-16-12-10(9-14)5-4-6-11(12)15/h4-6H,7-9H2,1-3H3. The van der Waals surface area contributed by atoms with Crippen molar-refractivity contribution in [2.24, 2.45) is 5.41 Å². The van der Waals surface area contributed by atoms with Gasteiger partial charge in [-0.05, 0) is 17.9 Å². The van der Waals surface area contributed by atoms with Gasteiger partial charge in [0.1, 0.15) is 5.75 Å². The minimum Gasteiger partial charge on any atom is -0.492 e. The number of hydrogen-bond acceptors (Lipinski definition) is 1. The van der Waals surface area contributed by atoms with Gasteiger partial charge in [0.2, 0.25) is 0 Å². The van der Waals surface area contributed by atoms with Gasteiger partial charge < -0.3 is 4.74 Å². The van der Waals surface area contributed by atoms with Crippen LogP contribution in [0.5, 0.6) is 5.75 Å². The van der Waals surface area contributed by atoms with Crippen LogP contribution >= 0.6 is 27.5 Å².